The van der Waals surface area contributed by atoms with E-state index < -0.39 is 17.0 Å². The summed E-state index contributed by atoms with van der Waals surface area (Å²) in [4.78, 5) is 36.4. The van der Waals surface area contributed by atoms with Gasteiger partial charge in [0.1, 0.15) is 11.0 Å². The summed E-state index contributed by atoms with van der Waals surface area (Å²) in [5, 5.41) is 0. The highest BCUT2D eigenvalue weighted by Crippen LogP contribution is 2.43. The van der Waals surface area contributed by atoms with Crippen LogP contribution in [0.2, 0.25) is 0 Å². The average molecular weight is 280 g/mol. The Balaban J connectivity index is 3.32. The van der Waals surface area contributed by atoms with Gasteiger partial charge in [0.15, 0.2) is 11.6 Å². The van der Waals surface area contributed by atoms with E-state index in [2.05, 4.69) is 0 Å². The van der Waals surface area contributed by atoms with Crippen LogP contribution in [0.5, 0.6) is 0 Å². The Kier molecular flexibility index (Phi) is 4.57. The van der Waals surface area contributed by atoms with Gasteiger partial charge in [0.2, 0.25) is 0 Å². The van der Waals surface area contributed by atoms with Crippen molar-refractivity contribution in [2.24, 2.45) is 17.3 Å². The lowest BCUT2D eigenvalue weighted by atomic mass is 9.63. The lowest BCUT2D eigenvalue weighted by Crippen LogP contribution is -2.50. The number of hydrogen-bond donors (Lipinski definition) is 0. The third kappa shape index (κ3) is 3.17. The van der Waals surface area contributed by atoms with Crippen LogP contribution >= 0.6 is 0 Å². The van der Waals surface area contributed by atoms with Gasteiger partial charge in [0.05, 0.1) is 0 Å². The van der Waals surface area contributed by atoms with E-state index in [1.165, 1.54) is 19.1 Å². The van der Waals surface area contributed by atoms with E-state index in [0.717, 1.165) is 0 Å². The Morgan fingerprint density at radius 1 is 1.35 bits per heavy atom. The van der Waals surface area contributed by atoms with Gasteiger partial charge in [0, 0.05) is 6.42 Å². The predicted octanol–water partition coefficient (Wildman–Crippen LogP) is 2.70. The van der Waals surface area contributed by atoms with Crippen LogP contribution < -0.4 is 0 Å². The molecule has 112 valence electrons. The van der Waals surface area contributed by atoms with Crippen LogP contribution in [0.15, 0.2) is 12.2 Å². The summed E-state index contributed by atoms with van der Waals surface area (Å²) < 4.78 is 5.44. The average Bonchev–Trinajstić information content (AvgIpc) is 2.25. The second kappa shape index (κ2) is 5.51. The van der Waals surface area contributed by atoms with Crippen molar-refractivity contribution in [3.8, 4) is 0 Å². The Bertz CT molecular complexity index is 454. The number of carbonyl (C=O) groups is 3. The molecule has 0 aromatic carbocycles. The smallest absolute Gasteiger partial charge is 0.324 e. The molecule has 0 fully saturated rings. The van der Waals surface area contributed by atoms with Gasteiger partial charge in [-0.2, -0.15) is 0 Å². The summed E-state index contributed by atoms with van der Waals surface area (Å²) in [7, 11) is 0. The summed E-state index contributed by atoms with van der Waals surface area (Å²) in [6.45, 7) is 10.5. The number of esters is 1. The highest BCUT2D eigenvalue weighted by Gasteiger charge is 2.53. The highest BCUT2D eigenvalue weighted by atomic mass is 16.6. The standard InChI is InChI=1S/C16H24O4/c1-10(2)13-9-12(18)7-8-16(13,11(3)17)14(19)20-15(4,5)6/h7-8,10,13H,9H2,1-6H3/t13-,16+/m1/s1. The van der Waals surface area contributed by atoms with Crippen LogP contribution in [0.25, 0.3) is 0 Å². The van der Waals surface area contributed by atoms with Gasteiger partial charge in [-0.25, -0.2) is 0 Å². The van der Waals surface area contributed by atoms with E-state index in [-0.39, 0.29) is 29.8 Å². The molecule has 20 heavy (non-hydrogen) atoms. The maximum absolute atomic E-state index is 12.6. The molecular formula is C16H24O4. The molecule has 4 nitrogen and oxygen atoms in total. The third-order valence-corrected chi connectivity index (χ3v) is 3.66. The molecule has 4 heteroatoms. The van der Waals surface area contributed by atoms with Crippen LogP contribution in [-0.2, 0) is 19.1 Å². The lowest BCUT2D eigenvalue weighted by Gasteiger charge is -2.40. The van der Waals surface area contributed by atoms with Crippen molar-refractivity contribution in [1.82, 2.24) is 0 Å². The molecule has 0 amide bonds. The van der Waals surface area contributed by atoms with Crippen LogP contribution in [0.4, 0.5) is 0 Å². The number of rotatable bonds is 3. The van der Waals surface area contributed by atoms with E-state index in [1.54, 1.807) is 20.8 Å². The van der Waals surface area contributed by atoms with E-state index in [1.807, 2.05) is 13.8 Å². The van der Waals surface area contributed by atoms with Crippen LogP contribution in [0.1, 0.15) is 48.0 Å². The van der Waals surface area contributed by atoms with Gasteiger partial charge in [-0.1, -0.05) is 19.9 Å². The molecule has 0 heterocycles. The zero-order valence-corrected chi connectivity index (χ0v) is 13.1. The summed E-state index contributed by atoms with van der Waals surface area (Å²) in [6.07, 6.45) is 2.98. The zero-order valence-electron chi connectivity index (χ0n) is 13.1. The molecule has 0 N–H and O–H groups in total. The predicted molar refractivity (Wildman–Crippen MR) is 76.1 cm³/mol. The molecule has 0 saturated carbocycles. The first-order valence-electron chi connectivity index (χ1n) is 6.97. The molecule has 0 aromatic rings. The first-order valence-corrected chi connectivity index (χ1v) is 6.97. The second-order valence-electron chi connectivity index (χ2n) is 6.78. The minimum atomic E-state index is -1.34. The molecule has 2 atom stereocenters. The number of allylic oxidation sites excluding steroid dienone is 1. The van der Waals surface area contributed by atoms with E-state index >= 15 is 0 Å². The fraction of sp³-hybridized carbons (Fsp3) is 0.688. The van der Waals surface area contributed by atoms with Crippen molar-refractivity contribution >= 4 is 17.5 Å². The monoisotopic (exact) mass is 280 g/mol. The van der Waals surface area contributed by atoms with Gasteiger partial charge in [-0.05, 0) is 45.6 Å². The Labute approximate surface area is 120 Å². The number of ether oxygens (including phenoxy) is 1. The molecule has 0 radical (unpaired) electrons. The van der Waals surface area contributed by atoms with Crippen molar-refractivity contribution in [1.29, 1.82) is 0 Å². The minimum absolute atomic E-state index is 0.0281. The fourth-order valence-electron chi connectivity index (χ4n) is 2.66. The van der Waals surface area contributed by atoms with Crippen molar-refractivity contribution < 1.29 is 19.1 Å². The molecule has 0 spiro atoms. The molecule has 0 aromatic heterocycles. The van der Waals surface area contributed by atoms with E-state index in [9.17, 15) is 14.4 Å². The molecule has 0 unspecified atom stereocenters. The number of hydrogen-bond acceptors (Lipinski definition) is 4. The molecule has 1 rings (SSSR count). The first-order chi connectivity index (χ1) is 9.00. The fourth-order valence-corrected chi connectivity index (χ4v) is 2.66. The van der Waals surface area contributed by atoms with Crippen molar-refractivity contribution in [2.75, 3.05) is 0 Å². The van der Waals surface area contributed by atoms with Crippen LogP contribution in [0.3, 0.4) is 0 Å². The second-order valence-corrected chi connectivity index (χ2v) is 6.78. The zero-order chi connectivity index (χ0) is 15.7. The molecule has 1 aliphatic carbocycles. The molecule has 0 bridgehead atoms. The van der Waals surface area contributed by atoms with Gasteiger partial charge in [-0.15, -0.1) is 0 Å². The maximum Gasteiger partial charge on any atom is 0.324 e. The Morgan fingerprint density at radius 3 is 2.30 bits per heavy atom. The number of Topliss-reactive ketones (excluding diaryl/α,β-unsaturated/α-hetero) is 1. The summed E-state index contributed by atoms with van der Waals surface area (Å²) in [5.74, 6) is -1.20. The largest absolute Gasteiger partial charge is 0.459 e. The molecular weight excluding hydrogens is 256 g/mol. The first kappa shape index (κ1) is 16.6. The van der Waals surface area contributed by atoms with Gasteiger partial charge in [-0.3, -0.25) is 14.4 Å². The lowest BCUT2D eigenvalue weighted by molar-refractivity contribution is -0.171. The SMILES string of the molecule is CC(=O)[C@@]1(C(=O)OC(C)(C)C)C=CC(=O)C[C@@H]1C(C)C. The quantitative estimate of drug-likeness (QED) is 0.589. The topological polar surface area (TPSA) is 60.4 Å². The molecule has 1 aliphatic rings. The number of ketones is 2. The van der Waals surface area contributed by atoms with Gasteiger partial charge < -0.3 is 4.74 Å². The summed E-state index contributed by atoms with van der Waals surface area (Å²) >= 11 is 0. The molecule has 0 aliphatic heterocycles. The highest BCUT2D eigenvalue weighted by molar-refractivity contribution is 6.08. The van der Waals surface area contributed by atoms with Crippen LogP contribution in [0, 0.1) is 17.3 Å². The van der Waals surface area contributed by atoms with Crippen molar-refractivity contribution in [3.63, 3.8) is 0 Å². The third-order valence-electron chi connectivity index (χ3n) is 3.66. The Hall–Kier alpha value is -1.45. The van der Waals surface area contributed by atoms with Crippen molar-refractivity contribution in [2.45, 2.75) is 53.6 Å². The normalized spacial score (nSPS) is 26.8. The van der Waals surface area contributed by atoms with Gasteiger partial charge in [0.25, 0.3) is 0 Å². The van der Waals surface area contributed by atoms with Crippen molar-refractivity contribution in [3.05, 3.63) is 12.2 Å². The summed E-state index contributed by atoms with van der Waals surface area (Å²) in [6, 6.07) is 0. The minimum Gasteiger partial charge on any atom is -0.459 e. The van der Waals surface area contributed by atoms with Crippen LogP contribution in [-0.4, -0.2) is 23.1 Å². The molecule has 0 saturated heterocycles. The number of carbonyl (C=O) groups excluding carboxylic acids is 3. The van der Waals surface area contributed by atoms with Gasteiger partial charge >= 0.3 is 5.97 Å². The Morgan fingerprint density at radius 2 is 1.90 bits per heavy atom. The summed E-state index contributed by atoms with van der Waals surface area (Å²) in [5.41, 5.74) is -2.01. The van der Waals surface area contributed by atoms with E-state index in [4.69, 9.17) is 4.74 Å². The van der Waals surface area contributed by atoms with E-state index in [0.29, 0.717) is 0 Å². The maximum atomic E-state index is 12.6.